The number of hydrogen-bond acceptors (Lipinski definition) is 10. The van der Waals surface area contributed by atoms with Gasteiger partial charge in [0, 0.05) is 38.7 Å². The molecule has 1 saturated carbocycles. The second-order valence-corrected chi connectivity index (χ2v) is 12.2. The molecule has 41 heavy (non-hydrogen) atoms. The van der Waals surface area contributed by atoms with Gasteiger partial charge in [-0.05, 0) is 42.6 Å². The Kier molecular flexibility index (Phi) is 9.91. The van der Waals surface area contributed by atoms with Gasteiger partial charge in [0.15, 0.2) is 0 Å². The molecule has 1 saturated heterocycles. The van der Waals surface area contributed by atoms with E-state index in [1.54, 1.807) is 12.2 Å². The van der Waals surface area contributed by atoms with E-state index in [9.17, 15) is 24.3 Å². The van der Waals surface area contributed by atoms with Crippen molar-refractivity contribution >= 4 is 23.9 Å². The molecule has 3 aliphatic rings. The standard InChI is InChI=1S/C31H44O10/c1-10-17(4)11-12-30(9)18(5)26(37-19(6)32)27(36)31-23(28(38-20(7)33)41-29(31)39-21(8)34)14-22(15-24(30)31)40-25(35)13-16(2)3/h10,14,16,18,22,24,26-29,36H,1,4,11-13,15H2,2-3,5-9H3/t18-,22+,24+,26+,27+,28+,29-,30+,31+/m0/s1. The van der Waals surface area contributed by atoms with Gasteiger partial charge in [-0.2, -0.15) is 0 Å². The minimum atomic E-state index is -1.48. The van der Waals surface area contributed by atoms with Crippen LogP contribution in [0.4, 0.5) is 0 Å². The average molecular weight is 577 g/mol. The third kappa shape index (κ3) is 6.28. The normalized spacial score (nSPS) is 35.8. The van der Waals surface area contributed by atoms with Crippen molar-refractivity contribution in [2.75, 3.05) is 0 Å². The Morgan fingerprint density at radius 2 is 1.71 bits per heavy atom. The van der Waals surface area contributed by atoms with Gasteiger partial charge in [0.2, 0.25) is 12.6 Å². The SMILES string of the molecule is C=CC(=C)CC[C@@]1(C)[C@H]2C[C@H](OC(=O)CC(C)C)C=C3[C@H](OC(C)=O)O[C@H](OC(C)=O)[C@]32[C@H](O)[C@H](OC(C)=O)[C@@H]1C. The highest BCUT2D eigenvalue weighted by Crippen LogP contribution is 2.67. The fraction of sp³-hybridized carbons (Fsp3) is 0.677. The van der Waals surface area contributed by atoms with Crippen molar-refractivity contribution in [2.45, 2.75) is 105 Å². The van der Waals surface area contributed by atoms with Gasteiger partial charge in [-0.1, -0.05) is 52.5 Å². The summed E-state index contributed by atoms with van der Waals surface area (Å²) in [6, 6.07) is 0. The van der Waals surface area contributed by atoms with Crippen molar-refractivity contribution in [1.82, 2.24) is 0 Å². The lowest BCUT2D eigenvalue weighted by Gasteiger charge is -2.62. The Balaban J connectivity index is 2.29. The highest BCUT2D eigenvalue weighted by Gasteiger charge is 2.74. The first-order valence-corrected chi connectivity index (χ1v) is 14.1. The van der Waals surface area contributed by atoms with Crippen LogP contribution in [-0.4, -0.2) is 59.9 Å². The lowest BCUT2D eigenvalue weighted by molar-refractivity contribution is -0.276. The van der Waals surface area contributed by atoms with Crippen LogP contribution in [0, 0.1) is 28.6 Å². The molecule has 10 heteroatoms. The van der Waals surface area contributed by atoms with Crippen LogP contribution in [0.2, 0.25) is 0 Å². The Morgan fingerprint density at radius 1 is 1.10 bits per heavy atom. The highest BCUT2D eigenvalue weighted by molar-refractivity contribution is 5.70. The first-order chi connectivity index (χ1) is 19.1. The molecule has 0 aromatic carbocycles. The molecule has 2 fully saturated rings. The minimum absolute atomic E-state index is 0.0750. The van der Waals surface area contributed by atoms with E-state index >= 15 is 0 Å². The van der Waals surface area contributed by atoms with E-state index in [4.69, 9.17) is 23.7 Å². The highest BCUT2D eigenvalue weighted by atomic mass is 16.8. The number of carbonyl (C=O) groups is 4. The molecule has 10 nitrogen and oxygen atoms in total. The Morgan fingerprint density at radius 3 is 2.24 bits per heavy atom. The van der Waals surface area contributed by atoms with E-state index in [1.165, 1.54) is 20.8 Å². The average Bonchev–Trinajstić information content (AvgIpc) is 3.14. The van der Waals surface area contributed by atoms with Crippen LogP contribution in [-0.2, 0) is 42.9 Å². The predicted molar refractivity (Wildman–Crippen MR) is 148 cm³/mol. The summed E-state index contributed by atoms with van der Waals surface area (Å²) in [6.07, 6.45) is -1.05. The molecule has 1 spiro atoms. The third-order valence-electron chi connectivity index (χ3n) is 8.91. The van der Waals surface area contributed by atoms with E-state index in [0.717, 1.165) is 5.57 Å². The smallest absolute Gasteiger partial charge is 0.306 e. The summed E-state index contributed by atoms with van der Waals surface area (Å²) in [7, 11) is 0. The van der Waals surface area contributed by atoms with Crippen LogP contribution in [0.3, 0.4) is 0 Å². The summed E-state index contributed by atoms with van der Waals surface area (Å²) in [5.74, 6) is -3.17. The number of allylic oxidation sites excluding steroid dienone is 2. The molecular weight excluding hydrogens is 532 g/mol. The molecule has 0 aromatic heterocycles. The number of rotatable bonds is 10. The van der Waals surface area contributed by atoms with Crippen LogP contribution in [0.5, 0.6) is 0 Å². The van der Waals surface area contributed by atoms with E-state index in [0.29, 0.717) is 18.4 Å². The summed E-state index contributed by atoms with van der Waals surface area (Å²) in [5.41, 5.74) is -1.08. The van der Waals surface area contributed by atoms with Gasteiger partial charge < -0.3 is 24.1 Å². The second kappa shape index (κ2) is 12.5. The van der Waals surface area contributed by atoms with Crippen molar-refractivity contribution in [2.24, 2.45) is 28.6 Å². The number of aliphatic hydroxyl groups is 1. The first kappa shape index (κ1) is 32.5. The van der Waals surface area contributed by atoms with Crippen LogP contribution < -0.4 is 0 Å². The largest absolute Gasteiger partial charge is 0.459 e. The summed E-state index contributed by atoms with van der Waals surface area (Å²) in [4.78, 5) is 49.6. The molecule has 1 heterocycles. The van der Waals surface area contributed by atoms with Gasteiger partial charge in [-0.3, -0.25) is 23.9 Å². The molecule has 9 atom stereocenters. The molecule has 0 aromatic rings. The summed E-state index contributed by atoms with van der Waals surface area (Å²) in [6.45, 7) is 19.3. The Hall–Kier alpha value is -2.98. The van der Waals surface area contributed by atoms with Gasteiger partial charge in [0.25, 0.3) is 0 Å². The topological polar surface area (TPSA) is 135 Å². The zero-order valence-electron chi connectivity index (χ0n) is 25.1. The third-order valence-corrected chi connectivity index (χ3v) is 8.91. The van der Waals surface area contributed by atoms with Crippen molar-refractivity contribution in [3.63, 3.8) is 0 Å². The molecule has 1 N–H and O–H groups in total. The van der Waals surface area contributed by atoms with Crippen molar-refractivity contribution in [1.29, 1.82) is 0 Å². The number of aliphatic hydroxyl groups excluding tert-OH is 1. The van der Waals surface area contributed by atoms with E-state index in [2.05, 4.69) is 13.2 Å². The maximum atomic E-state index is 12.8. The lowest BCUT2D eigenvalue weighted by Crippen LogP contribution is -2.68. The first-order valence-electron chi connectivity index (χ1n) is 14.1. The van der Waals surface area contributed by atoms with Gasteiger partial charge in [0.1, 0.15) is 18.3 Å². The molecule has 0 bridgehead atoms. The van der Waals surface area contributed by atoms with Gasteiger partial charge in [-0.15, -0.1) is 0 Å². The molecular formula is C31H44O10. The summed E-state index contributed by atoms with van der Waals surface area (Å²) in [5, 5.41) is 12.2. The van der Waals surface area contributed by atoms with Gasteiger partial charge >= 0.3 is 23.9 Å². The minimum Gasteiger partial charge on any atom is -0.459 e. The number of hydrogen-bond donors (Lipinski definition) is 1. The van der Waals surface area contributed by atoms with Crippen LogP contribution in [0.25, 0.3) is 0 Å². The van der Waals surface area contributed by atoms with Crippen molar-refractivity contribution in [3.8, 4) is 0 Å². The van der Waals surface area contributed by atoms with E-state index in [1.807, 2.05) is 27.7 Å². The zero-order valence-corrected chi connectivity index (χ0v) is 25.1. The van der Waals surface area contributed by atoms with Crippen molar-refractivity contribution in [3.05, 3.63) is 36.5 Å². The molecule has 0 amide bonds. The lowest BCUT2D eigenvalue weighted by atomic mass is 9.44. The molecule has 0 radical (unpaired) electrons. The van der Waals surface area contributed by atoms with Crippen LogP contribution in [0.1, 0.15) is 74.1 Å². The Labute approximate surface area is 242 Å². The Bertz CT molecular complexity index is 1110. The second-order valence-electron chi connectivity index (χ2n) is 12.2. The number of carbonyl (C=O) groups excluding carboxylic acids is 4. The fourth-order valence-corrected chi connectivity index (χ4v) is 6.93. The monoisotopic (exact) mass is 576 g/mol. The molecule has 2 aliphatic carbocycles. The molecule has 0 unspecified atom stereocenters. The summed E-state index contributed by atoms with van der Waals surface area (Å²) < 4.78 is 28.9. The fourth-order valence-electron chi connectivity index (χ4n) is 6.93. The number of ether oxygens (including phenoxy) is 5. The summed E-state index contributed by atoms with van der Waals surface area (Å²) >= 11 is 0. The van der Waals surface area contributed by atoms with Crippen LogP contribution in [0.15, 0.2) is 36.5 Å². The van der Waals surface area contributed by atoms with Gasteiger partial charge in [0.05, 0.1) is 5.41 Å². The molecule has 3 rings (SSSR count). The van der Waals surface area contributed by atoms with Crippen molar-refractivity contribution < 1.29 is 48.0 Å². The molecule has 1 aliphatic heterocycles. The van der Waals surface area contributed by atoms with E-state index in [-0.39, 0.29) is 18.8 Å². The zero-order chi connectivity index (χ0) is 30.9. The quantitative estimate of drug-likeness (QED) is 0.175. The maximum Gasteiger partial charge on any atom is 0.306 e. The van der Waals surface area contributed by atoms with Gasteiger partial charge in [-0.25, -0.2) is 0 Å². The predicted octanol–water partition coefficient (Wildman–Crippen LogP) is 4.16. The molecule has 228 valence electrons. The van der Waals surface area contributed by atoms with E-state index < -0.39 is 77.4 Å². The number of esters is 4. The van der Waals surface area contributed by atoms with Crippen LogP contribution >= 0.6 is 0 Å². The maximum absolute atomic E-state index is 12.8.